The van der Waals surface area contributed by atoms with Crippen molar-refractivity contribution in [2.75, 3.05) is 24.5 Å². The van der Waals surface area contributed by atoms with Gasteiger partial charge in [0.15, 0.2) is 0 Å². The van der Waals surface area contributed by atoms with Crippen LogP contribution < -0.4 is 9.04 Å². The Morgan fingerprint density at radius 2 is 1.68 bits per heavy atom. The minimum atomic E-state index is -3.82. The van der Waals surface area contributed by atoms with Crippen LogP contribution in [0.1, 0.15) is 31.2 Å². The number of rotatable bonds is 9. The van der Waals surface area contributed by atoms with Crippen molar-refractivity contribution >= 4 is 27.3 Å². The lowest BCUT2D eigenvalue weighted by Crippen LogP contribution is -2.37. The summed E-state index contributed by atoms with van der Waals surface area (Å²) in [5.74, 6) is 0.716. The first-order valence-corrected chi connectivity index (χ1v) is 13.5. The maximum Gasteiger partial charge on any atom is 0.264 e. The zero-order valence-electron chi connectivity index (χ0n) is 19.4. The van der Waals surface area contributed by atoms with E-state index in [0.29, 0.717) is 29.1 Å². The number of piperidine rings is 1. The molecule has 180 valence electrons. The van der Waals surface area contributed by atoms with Gasteiger partial charge < -0.3 is 9.64 Å². The standard InChI is InChI=1S/C27H31ClN2O3S/c1-29-19-8-7-10-24(29)18-20-33-27-13-6-5-9-22(27)21-30(25-11-3-2-4-12-25)34(31,32)26-16-14-23(28)15-17-26/h2-6,9,11-17,24H,7-8,10,18-21H2,1H3. The number of anilines is 1. The highest BCUT2D eigenvalue weighted by Gasteiger charge is 2.26. The predicted octanol–water partition coefficient (Wildman–Crippen LogP) is 5.99. The third-order valence-electron chi connectivity index (χ3n) is 6.36. The molecule has 7 heteroatoms. The van der Waals surface area contributed by atoms with E-state index in [1.807, 2.05) is 42.5 Å². The number of hydrogen-bond acceptors (Lipinski definition) is 4. The fourth-order valence-electron chi connectivity index (χ4n) is 4.39. The van der Waals surface area contributed by atoms with E-state index in [1.165, 1.54) is 35.7 Å². The summed E-state index contributed by atoms with van der Waals surface area (Å²) >= 11 is 5.99. The lowest BCUT2D eigenvalue weighted by molar-refractivity contribution is 0.153. The molecule has 1 unspecified atom stereocenters. The Morgan fingerprint density at radius 3 is 2.41 bits per heavy atom. The smallest absolute Gasteiger partial charge is 0.264 e. The molecule has 3 aromatic rings. The van der Waals surface area contributed by atoms with Crippen molar-refractivity contribution in [1.29, 1.82) is 0 Å². The van der Waals surface area contributed by atoms with Crippen LogP contribution in [0.4, 0.5) is 5.69 Å². The molecule has 3 aromatic carbocycles. The molecule has 1 aliphatic heterocycles. The zero-order valence-corrected chi connectivity index (χ0v) is 21.0. The van der Waals surface area contributed by atoms with Crippen molar-refractivity contribution < 1.29 is 13.2 Å². The topological polar surface area (TPSA) is 49.9 Å². The van der Waals surface area contributed by atoms with Gasteiger partial charge in [-0.05, 0) is 75.3 Å². The van der Waals surface area contributed by atoms with Crippen molar-refractivity contribution in [1.82, 2.24) is 4.90 Å². The number of para-hydroxylation sites is 2. The fourth-order valence-corrected chi connectivity index (χ4v) is 5.96. The molecule has 1 aliphatic rings. The summed E-state index contributed by atoms with van der Waals surface area (Å²) < 4.78 is 34.9. The van der Waals surface area contributed by atoms with Gasteiger partial charge in [0.25, 0.3) is 10.0 Å². The molecule has 1 fully saturated rings. The highest BCUT2D eigenvalue weighted by molar-refractivity contribution is 7.92. The second kappa shape index (κ2) is 11.3. The van der Waals surface area contributed by atoms with Crippen LogP contribution in [0.2, 0.25) is 5.02 Å². The van der Waals surface area contributed by atoms with Crippen LogP contribution in [0.15, 0.2) is 83.8 Å². The predicted molar refractivity (Wildman–Crippen MR) is 138 cm³/mol. The minimum Gasteiger partial charge on any atom is -0.493 e. The zero-order chi connectivity index (χ0) is 24.0. The van der Waals surface area contributed by atoms with E-state index in [-0.39, 0.29) is 11.4 Å². The summed E-state index contributed by atoms with van der Waals surface area (Å²) in [5.41, 5.74) is 1.41. The summed E-state index contributed by atoms with van der Waals surface area (Å²) in [6.45, 7) is 1.89. The summed E-state index contributed by atoms with van der Waals surface area (Å²) in [6, 6.07) is 23.6. The Bertz CT molecular complexity index is 1170. The lowest BCUT2D eigenvalue weighted by Gasteiger charge is -2.32. The van der Waals surface area contributed by atoms with Crippen LogP contribution in [-0.2, 0) is 16.6 Å². The average Bonchev–Trinajstić information content (AvgIpc) is 2.85. The first-order valence-electron chi connectivity index (χ1n) is 11.7. The maximum absolute atomic E-state index is 13.7. The molecule has 4 rings (SSSR count). The van der Waals surface area contributed by atoms with E-state index in [1.54, 1.807) is 24.3 Å². The molecule has 0 radical (unpaired) electrons. The summed E-state index contributed by atoms with van der Waals surface area (Å²) in [4.78, 5) is 2.61. The largest absolute Gasteiger partial charge is 0.493 e. The van der Waals surface area contributed by atoms with Crippen molar-refractivity contribution in [2.45, 2.75) is 43.2 Å². The molecule has 34 heavy (non-hydrogen) atoms. The molecular weight excluding hydrogens is 468 g/mol. The number of nitrogens with zero attached hydrogens (tertiary/aromatic N) is 2. The van der Waals surface area contributed by atoms with Gasteiger partial charge in [-0.15, -0.1) is 0 Å². The highest BCUT2D eigenvalue weighted by Crippen LogP contribution is 2.30. The molecule has 0 spiro atoms. The molecule has 0 bridgehead atoms. The first-order chi connectivity index (χ1) is 16.4. The van der Waals surface area contributed by atoms with E-state index < -0.39 is 10.0 Å². The van der Waals surface area contributed by atoms with Crippen LogP contribution in [0.3, 0.4) is 0 Å². The first kappa shape index (κ1) is 24.6. The third-order valence-corrected chi connectivity index (χ3v) is 8.40. The van der Waals surface area contributed by atoms with Gasteiger partial charge in [-0.1, -0.05) is 54.4 Å². The number of likely N-dealkylation sites (tertiary alicyclic amines) is 1. The van der Waals surface area contributed by atoms with Crippen LogP contribution in [0.5, 0.6) is 5.75 Å². The highest BCUT2D eigenvalue weighted by atomic mass is 35.5. The Morgan fingerprint density at radius 1 is 0.971 bits per heavy atom. The molecule has 1 heterocycles. The van der Waals surface area contributed by atoms with Gasteiger partial charge >= 0.3 is 0 Å². The van der Waals surface area contributed by atoms with E-state index in [9.17, 15) is 8.42 Å². The Labute approximate surface area is 208 Å². The SMILES string of the molecule is CN1CCCCC1CCOc1ccccc1CN(c1ccccc1)S(=O)(=O)c1ccc(Cl)cc1. The number of sulfonamides is 1. The molecule has 0 N–H and O–H groups in total. The molecular formula is C27H31ClN2O3S. The van der Waals surface area contributed by atoms with Gasteiger partial charge in [0.2, 0.25) is 0 Å². The van der Waals surface area contributed by atoms with Crippen molar-refractivity contribution in [3.05, 3.63) is 89.4 Å². The van der Waals surface area contributed by atoms with Crippen molar-refractivity contribution in [3.63, 3.8) is 0 Å². The van der Waals surface area contributed by atoms with E-state index in [4.69, 9.17) is 16.3 Å². The third kappa shape index (κ3) is 5.93. The maximum atomic E-state index is 13.7. The Hall–Kier alpha value is -2.54. The molecule has 0 aliphatic carbocycles. The van der Waals surface area contributed by atoms with Crippen LogP contribution in [-0.4, -0.2) is 39.6 Å². The van der Waals surface area contributed by atoms with Crippen LogP contribution in [0.25, 0.3) is 0 Å². The van der Waals surface area contributed by atoms with Gasteiger partial charge in [-0.3, -0.25) is 4.31 Å². The molecule has 5 nitrogen and oxygen atoms in total. The number of hydrogen-bond donors (Lipinski definition) is 0. The Balaban J connectivity index is 1.57. The van der Waals surface area contributed by atoms with Gasteiger partial charge in [0, 0.05) is 16.6 Å². The van der Waals surface area contributed by atoms with Crippen LogP contribution >= 0.6 is 11.6 Å². The monoisotopic (exact) mass is 498 g/mol. The van der Waals surface area contributed by atoms with Crippen molar-refractivity contribution in [2.24, 2.45) is 0 Å². The van der Waals surface area contributed by atoms with Crippen molar-refractivity contribution in [3.8, 4) is 5.75 Å². The lowest BCUT2D eigenvalue weighted by atomic mass is 10.0. The number of benzene rings is 3. The van der Waals surface area contributed by atoms with E-state index >= 15 is 0 Å². The number of ether oxygens (including phenoxy) is 1. The van der Waals surface area contributed by atoms with Crippen LogP contribution in [0, 0.1) is 0 Å². The second-order valence-corrected chi connectivity index (χ2v) is 11.0. The average molecular weight is 499 g/mol. The quantitative estimate of drug-likeness (QED) is 0.363. The van der Waals surface area contributed by atoms with E-state index in [0.717, 1.165) is 18.5 Å². The molecule has 1 atom stereocenters. The summed E-state index contributed by atoms with van der Waals surface area (Å²) in [5, 5.41) is 0.493. The minimum absolute atomic E-state index is 0.161. The molecule has 0 aromatic heterocycles. The second-order valence-electron chi connectivity index (χ2n) is 8.68. The van der Waals surface area contributed by atoms with Gasteiger partial charge in [0.1, 0.15) is 5.75 Å². The van der Waals surface area contributed by atoms with E-state index in [2.05, 4.69) is 11.9 Å². The molecule has 0 saturated carbocycles. The summed E-state index contributed by atoms with van der Waals surface area (Å²) in [6.07, 6.45) is 4.67. The molecule has 0 amide bonds. The van der Waals surface area contributed by atoms with Gasteiger partial charge in [0.05, 0.1) is 23.7 Å². The normalized spacial score (nSPS) is 16.8. The summed E-state index contributed by atoms with van der Waals surface area (Å²) in [7, 11) is -1.64. The molecule has 1 saturated heterocycles. The number of halogens is 1. The fraction of sp³-hybridized carbons (Fsp3) is 0.333. The Kier molecular flexibility index (Phi) is 8.14. The van der Waals surface area contributed by atoms with Gasteiger partial charge in [-0.25, -0.2) is 8.42 Å². The van der Waals surface area contributed by atoms with Gasteiger partial charge in [-0.2, -0.15) is 0 Å².